The molecule has 0 spiro atoms. The van der Waals surface area contributed by atoms with Crippen molar-refractivity contribution in [1.29, 1.82) is 5.41 Å². The summed E-state index contributed by atoms with van der Waals surface area (Å²) in [7, 11) is 0. The van der Waals surface area contributed by atoms with Gasteiger partial charge in [-0.2, -0.15) is 0 Å². The highest BCUT2D eigenvalue weighted by Gasteiger charge is 2.33. The molecule has 1 aliphatic rings. The smallest absolute Gasteiger partial charge is 0.267 e. The molecular weight excluding hydrogens is 736 g/mol. The molecule has 58 heavy (non-hydrogen) atoms. The highest BCUT2D eigenvalue weighted by molar-refractivity contribution is 6.11. The maximum absolute atomic E-state index is 15.6. The van der Waals surface area contributed by atoms with Gasteiger partial charge in [0.05, 0.1) is 40.3 Å². The molecule has 1 fully saturated rings. The molecule has 14 nitrogen and oxygen atoms in total. The van der Waals surface area contributed by atoms with Gasteiger partial charge in [0, 0.05) is 48.8 Å². The van der Waals surface area contributed by atoms with E-state index in [1.807, 2.05) is 58.2 Å². The first-order chi connectivity index (χ1) is 27.8. The molecule has 0 atom stereocenters. The maximum atomic E-state index is 15.6. The summed E-state index contributed by atoms with van der Waals surface area (Å²) in [5, 5.41) is 13.6. The van der Waals surface area contributed by atoms with Gasteiger partial charge < -0.3 is 21.0 Å². The van der Waals surface area contributed by atoms with Crippen LogP contribution in [0.1, 0.15) is 80.3 Å². The van der Waals surface area contributed by atoms with Gasteiger partial charge in [0.25, 0.3) is 11.1 Å². The molecule has 298 valence electrons. The van der Waals surface area contributed by atoms with Crippen molar-refractivity contribution in [3.63, 3.8) is 0 Å². The lowest BCUT2D eigenvalue weighted by Crippen LogP contribution is -2.36. The lowest BCUT2D eigenvalue weighted by Gasteiger charge is -2.39. The standard InChI is InChI=1S/C43H47FN12O2/c1-25(39-47-21-27(3)50-39)16-34(46)29-18-33(44)38-36(19-29)49-23-54(42(38)58)30-8-10-43(5,11-9-30)12-14-53(15-13-45)31-6-7-32-35(20-31)48-24-55(41(32)57)37-17-26(2)40-51-28(4)22-56(40)52-37/h6-7,16-24,30,46H,8-15,45H2,1-5H3,(H,47,50)/b25-16-,46-34?. The van der Waals surface area contributed by atoms with Crippen LogP contribution in [0.15, 0.2) is 77.1 Å². The number of imidazole rings is 2. The molecule has 0 amide bonds. The summed E-state index contributed by atoms with van der Waals surface area (Å²) in [5.74, 6) is 0.426. The number of H-pyrrole nitrogens is 1. The number of hydrogen-bond donors (Lipinski definition) is 3. The Balaban J connectivity index is 0.945. The van der Waals surface area contributed by atoms with E-state index in [1.54, 1.807) is 27.4 Å². The number of halogens is 1. The van der Waals surface area contributed by atoms with E-state index in [4.69, 9.17) is 11.1 Å². The highest BCUT2D eigenvalue weighted by Crippen LogP contribution is 2.43. The number of rotatable bonds is 11. The third-order valence-corrected chi connectivity index (χ3v) is 11.6. The third-order valence-electron chi connectivity index (χ3n) is 11.6. The summed E-state index contributed by atoms with van der Waals surface area (Å²) < 4.78 is 20.3. The van der Waals surface area contributed by atoms with Gasteiger partial charge in [0.15, 0.2) is 11.5 Å². The van der Waals surface area contributed by atoms with Crippen LogP contribution in [-0.4, -0.2) is 69.0 Å². The van der Waals surface area contributed by atoms with Crippen LogP contribution in [0.4, 0.5) is 10.1 Å². The lowest BCUT2D eigenvalue weighted by atomic mass is 9.71. The third kappa shape index (κ3) is 7.33. The SMILES string of the molecule is C/C(=C/C(=N)c1cc(F)c2c(=O)n(C3CCC(C)(CCN(CCN)c4ccc5c(=O)n(-c6cc(C)c7nc(C)cn7n6)cnc5c4)CC3)cnc2c1)c1ncc(C)[nH]1. The van der Waals surface area contributed by atoms with Crippen LogP contribution in [0, 0.1) is 37.4 Å². The topological polar surface area (TPSA) is 182 Å². The predicted octanol–water partition coefficient (Wildman–Crippen LogP) is 6.37. The monoisotopic (exact) mass is 782 g/mol. The van der Waals surface area contributed by atoms with Crippen LogP contribution in [0.3, 0.4) is 0 Å². The fourth-order valence-electron chi connectivity index (χ4n) is 8.18. The molecule has 0 saturated heterocycles. The Hall–Kier alpha value is -6.35. The Morgan fingerprint density at radius 3 is 2.55 bits per heavy atom. The summed E-state index contributed by atoms with van der Waals surface area (Å²) >= 11 is 0. The lowest BCUT2D eigenvalue weighted by molar-refractivity contribution is 0.160. The number of fused-ring (bicyclic) bond motifs is 3. The van der Waals surface area contributed by atoms with Crippen LogP contribution in [0.5, 0.6) is 0 Å². The minimum absolute atomic E-state index is 0.0145. The minimum Gasteiger partial charge on any atom is -0.370 e. The Kier molecular flexibility index (Phi) is 10.1. The summed E-state index contributed by atoms with van der Waals surface area (Å²) in [6.07, 6.45) is 12.4. The zero-order valence-corrected chi connectivity index (χ0v) is 33.4. The largest absolute Gasteiger partial charge is 0.370 e. The van der Waals surface area contributed by atoms with Crippen molar-refractivity contribution in [3.05, 3.63) is 122 Å². The van der Waals surface area contributed by atoms with Gasteiger partial charge in [-0.25, -0.2) is 33.4 Å². The molecule has 7 aromatic rings. The molecule has 0 aliphatic heterocycles. The van der Waals surface area contributed by atoms with Gasteiger partial charge in [-0.1, -0.05) is 6.92 Å². The van der Waals surface area contributed by atoms with E-state index in [2.05, 4.69) is 41.8 Å². The fraction of sp³-hybridized carbons (Fsp3) is 0.349. The van der Waals surface area contributed by atoms with Gasteiger partial charge in [-0.05, 0) is 119 Å². The number of allylic oxidation sites excluding steroid dienone is 2. The van der Waals surface area contributed by atoms with Crippen molar-refractivity contribution in [3.8, 4) is 5.82 Å². The van der Waals surface area contributed by atoms with Gasteiger partial charge in [-0.15, -0.1) is 5.10 Å². The molecule has 15 heteroatoms. The average molecular weight is 783 g/mol. The van der Waals surface area contributed by atoms with E-state index >= 15 is 4.39 Å². The summed E-state index contributed by atoms with van der Waals surface area (Å²) in [6, 6.07) is 10.3. The van der Waals surface area contributed by atoms with Crippen molar-refractivity contribution in [2.45, 2.75) is 72.8 Å². The Labute approximate surface area is 333 Å². The summed E-state index contributed by atoms with van der Waals surface area (Å²) in [5.41, 5.74) is 11.8. The zero-order chi connectivity index (χ0) is 40.9. The van der Waals surface area contributed by atoms with Gasteiger partial charge in [0.1, 0.15) is 23.4 Å². The van der Waals surface area contributed by atoms with Gasteiger partial charge in [0.2, 0.25) is 0 Å². The van der Waals surface area contributed by atoms with Crippen LogP contribution in [0.2, 0.25) is 0 Å². The molecule has 2 aromatic carbocycles. The number of aryl methyl sites for hydroxylation is 3. The average Bonchev–Trinajstić information content (AvgIpc) is 3.82. The van der Waals surface area contributed by atoms with Crippen LogP contribution < -0.4 is 21.8 Å². The Morgan fingerprint density at radius 2 is 1.81 bits per heavy atom. The Morgan fingerprint density at radius 1 is 1.03 bits per heavy atom. The van der Waals surface area contributed by atoms with Gasteiger partial charge in [-0.3, -0.25) is 14.2 Å². The Bertz CT molecular complexity index is 2880. The van der Waals surface area contributed by atoms with E-state index < -0.39 is 11.4 Å². The number of nitrogens with two attached hydrogens (primary N) is 1. The second-order valence-electron chi connectivity index (χ2n) is 16.0. The van der Waals surface area contributed by atoms with Crippen molar-refractivity contribution >= 4 is 44.4 Å². The van der Waals surface area contributed by atoms with E-state index in [1.165, 1.54) is 23.3 Å². The molecule has 0 bridgehead atoms. The van der Waals surface area contributed by atoms with Gasteiger partial charge >= 0.3 is 0 Å². The zero-order valence-electron chi connectivity index (χ0n) is 33.4. The number of aromatic amines is 1. The molecule has 5 heterocycles. The van der Waals surface area contributed by atoms with Crippen LogP contribution in [0.25, 0.3) is 38.8 Å². The first-order valence-electron chi connectivity index (χ1n) is 19.6. The molecule has 4 N–H and O–H groups in total. The number of hydrogen-bond acceptors (Lipinski definition) is 10. The molecule has 0 unspecified atom stereocenters. The summed E-state index contributed by atoms with van der Waals surface area (Å²) in [6.45, 7) is 11.7. The second-order valence-corrected chi connectivity index (χ2v) is 16.0. The molecule has 1 saturated carbocycles. The molecule has 1 aliphatic carbocycles. The normalized spacial score (nSPS) is 17.4. The quantitative estimate of drug-likeness (QED) is 0.126. The predicted molar refractivity (Wildman–Crippen MR) is 225 cm³/mol. The van der Waals surface area contributed by atoms with E-state index in [0.29, 0.717) is 41.2 Å². The minimum atomic E-state index is -0.686. The first kappa shape index (κ1) is 38.5. The van der Waals surface area contributed by atoms with Crippen LogP contribution >= 0.6 is 0 Å². The van der Waals surface area contributed by atoms with Crippen LogP contribution in [-0.2, 0) is 0 Å². The summed E-state index contributed by atoms with van der Waals surface area (Å²) in [4.78, 5) is 50.8. The van der Waals surface area contributed by atoms with Crippen molar-refractivity contribution in [2.75, 3.05) is 24.5 Å². The van der Waals surface area contributed by atoms with E-state index in [0.717, 1.165) is 72.5 Å². The number of aromatic nitrogens is 9. The number of benzene rings is 2. The first-order valence-corrected chi connectivity index (χ1v) is 19.6. The number of nitrogens with one attached hydrogen (secondary N) is 2. The molecule has 5 aromatic heterocycles. The fourth-order valence-corrected chi connectivity index (χ4v) is 8.18. The second kappa shape index (κ2) is 15.2. The highest BCUT2D eigenvalue weighted by atomic mass is 19.1. The number of anilines is 1. The molecule has 0 radical (unpaired) electrons. The van der Waals surface area contributed by atoms with Crippen molar-refractivity contribution in [1.82, 2.24) is 43.7 Å². The van der Waals surface area contributed by atoms with Crippen molar-refractivity contribution in [2.24, 2.45) is 11.1 Å². The molecule has 8 rings (SSSR count). The van der Waals surface area contributed by atoms with E-state index in [-0.39, 0.29) is 33.6 Å². The van der Waals surface area contributed by atoms with E-state index in [9.17, 15) is 9.59 Å². The van der Waals surface area contributed by atoms with Crippen molar-refractivity contribution < 1.29 is 4.39 Å². The number of nitrogens with zero attached hydrogens (tertiary/aromatic N) is 9. The maximum Gasteiger partial charge on any atom is 0.267 e. The molecular formula is C43H47FN12O2.